The number of halogens is 3. The van der Waals surface area contributed by atoms with Crippen molar-refractivity contribution in [3.05, 3.63) is 29.3 Å². The maximum absolute atomic E-state index is 12.5. The van der Waals surface area contributed by atoms with Crippen LogP contribution in [0.2, 0.25) is 0 Å². The number of guanidine groups is 1. The van der Waals surface area contributed by atoms with Gasteiger partial charge in [0.15, 0.2) is 12.6 Å². The molecule has 1 amide bonds. The summed E-state index contributed by atoms with van der Waals surface area (Å²) >= 11 is 0. The van der Waals surface area contributed by atoms with Crippen molar-refractivity contribution in [2.45, 2.75) is 57.8 Å². The van der Waals surface area contributed by atoms with Crippen molar-refractivity contribution in [1.82, 2.24) is 16.0 Å². The first-order valence-electron chi connectivity index (χ1n) is 9.80. The highest BCUT2D eigenvalue weighted by Gasteiger charge is 2.28. The third kappa shape index (κ3) is 8.62. The Bertz CT molecular complexity index is 701. The third-order valence-electron chi connectivity index (χ3n) is 4.67. The van der Waals surface area contributed by atoms with Crippen molar-refractivity contribution in [3.8, 4) is 5.75 Å². The summed E-state index contributed by atoms with van der Waals surface area (Å²) in [6.45, 7) is 0.708. The van der Waals surface area contributed by atoms with Crippen LogP contribution in [0.4, 0.5) is 13.2 Å². The van der Waals surface area contributed by atoms with Crippen LogP contribution < -0.4 is 20.7 Å². The molecule has 0 aromatic heterocycles. The third-order valence-corrected chi connectivity index (χ3v) is 4.67. The van der Waals surface area contributed by atoms with Crippen LogP contribution in [0.1, 0.15) is 43.2 Å². The van der Waals surface area contributed by atoms with E-state index in [0.29, 0.717) is 11.5 Å². The van der Waals surface area contributed by atoms with Gasteiger partial charge in [-0.25, -0.2) is 0 Å². The van der Waals surface area contributed by atoms with Gasteiger partial charge in [-0.2, -0.15) is 13.2 Å². The lowest BCUT2D eigenvalue weighted by Crippen LogP contribution is -2.45. The van der Waals surface area contributed by atoms with Gasteiger partial charge in [0, 0.05) is 25.2 Å². The van der Waals surface area contributed by atoms with Crippen molar-refractivity contribution in [3.63, 3.8) is 0 Å². The molecule has 0 heterocycles. The quantitative estimate of drug-likeness (QED) is 0.474. The second-order valence-electron chi connectivity index (χ2n) is 7.20. The van der Waals surface area contributed by atoms with Crippen molar-refractivity contribution < 1.29 is 22.7 Å². The Labute approximate surface area is 169 Å². The lowest BCUT2D eigenvalue weighted by Gasteiger charge is -2.23. The summed E-state index contributed by atoms with van der Waals surface area (Å²) < 4.78 is 42.4. The minimum atomic E-state index is -4.41. The van der Waals surface area contributed by atoms with E-state index in [1.165, 1.54) is 6.42 Å². The summed E-state index contributed by atoms with van der Waals surface area (Å²) in [5.74, 6) is 0.441. The summed E-state index contributed by atoms with van der Waals surface area (Å²) in [5, 5.41) is 8.93. The van der Waals surface area contributed by atoms with Crippen molar-refractivity contribution in [2.24, 2.45) is 4.99 Å². The number of nitrogens with one attached hydrogen (secondary N) is 3. The van der Waals surface area contributed by atoms with Gasteiger partial charge in [0.2, 0.25) is 5.91 Å². The van der Waals surface area contributed by atoms with E-state index >= 15 is 0 Å². The number of alkyl halides is 3. The number of rotatable bonds is 7. The molecule has 29 heavy (non-hydrogen) atoms. The zero-order valence-electron chi connectivity index (χ0n) is 16.9. The van der Waals surface area contributed by atoms with Gasteiger partial charge >= 0.3 is 6.18 Å². The standard InChI is InChI=1S/C20H29F3N4O2/c1-14-8-9-15(17(10-14)29-13-20(21,22)23)11-25-19(24-2)26-12-18(28)27-16-6-4-3-5-7-16/h8-10,16H,3-7,11-13H2,1-2H3,(H,27,28)(H2,24,25,26). The summed E-state index contributed by atoms with van der Waals surface area (Å²) in [4.78, 5) is 16.1. The van der Waals surface area contributed by atoms with E-state index in [1.807, 2.05) is 0 Å². The number of amides is 1. The molecule has 1 saturated carbocycles. The van der Waals surface area contributed by atoms with Gasteiger partial charge in [0.1, 0.15) is 5.75 Å². The van der Waals surface area contributed by atoms with Gasteiger partial charge in [-0.3, -0.25) is 9.79 Å². The summed E-state index contributed by atoms with van der Waals surface area (Å²) in [7, 11) is 1.56. The number of benzene rings is 1. The number of aryl methyl sites for hydroxylation is 1. The molecule has 0 aliphatic heterocycles. The molecule has 0 spiro atoms. The predicted octanol–water partition coefficient (Wildman–Crippen LogP) is 3.05. The lowest BCUT2D eigenvalue weighted by atomic mass is 9.95. The Morgan fingerprint density at radius 1 is 1.21 bits per heavy atom. The molecule has 0 atom stereocenters. The fourth-order valence-corrected chi connectivity index (χ4v) is 3.19. The van der Waals surface area contributed by atoms with E-state index < -0.39 is 12.8 Å². The number of carbonyl (C=O) groups is 1. The summed E-state index contributed by atoms with van der Waals surface area (Å²) in [6, 6.07) is 5.30. The van der Waals surface area contributed by atoms with Gasteiger partial charge < -0.3 is 20.7 Å². The van der Waals surface area contributed by atoms with Crippen LogP contribution in [0.25, 0.3) is 0 Å². The van der Waals surface area contributed by atoms with Gasteiger partial charge in [0.05, 0.1) is 6.54 Å². The fourth-order valence-electron chi connectivity index (χ4n) is 3.19. The largest absolute Gasteiger partial charge is 0.484 e. The average Bonchev–Trinajstić information content (AvgIpc) is 2.67. The zero-order chi connectivity index (χ0) is 21.3. The van der Waals surface area contributed by atoms with Crippen molar-refractivity contribution >= 4 is 11.9 Å². The van der Waals surface area contributed by atoms with E-state index in [9.17, 15) is 18.0 Å². The van der Waals surface area contributed by atoms with E-state index in [1.54, 1.807) is 32.2 Å². The Hall–Kier alpha value is -2.45. The van der Waals surface area contributed by atoms with Crippen LogP contribution >= 0.6 is 0 Å². The highest BCUT2D eigenvalue weighted by Crippen LogP contribution is 2.23. The molecule has 1 aliphatic rings. The van der Waals surface area contributed by atoms with Crippen LogP contribution in [0.15, 0.2) is 23.2 Å². The fraction of sp³-hybridized carbons (Fsp3) is 0.600. The minimum absolute atomic E-state index is 0.0709. The molecule has 9 heteroatoms. The molecule has 1 fully saturated rings. The Morgan fingerprint density at radius 3 is 2.59 bits per heavy atom. The zero-order valence-corrected chi connectivity index (χ0v) is 16.9. The molecule has 1 aromatic rings. The first kappa shape index (κ1) is 22.8. The van der Waals surface area contributed by atoms with Crippen LogP contribution in [0, 0.1) is 6.92 Å². The van der Waals surface area contributed by atoms with E-state index in [2.05, 4.69) is 20.9 Å². The SMILES string of the molecule is CN=C(NCC(=O)NC1CCCCC1)NCc1ccc(C)cc1OCC(F)(F)F. The van der Waals surface area contributed by atoms with Crippen LogP contribution in [0.3, 0.4) is 0 Å². The number of carbonyl (C=O) groups excluding carboxylic acids is 1. The molecule has 0 bridgehead atoms. The Balaban J connectivity index is 1.84. The maximum atomic E-state index is 12.5. The minimum Gasteiger partial charge on any atom is -0.484 e. The molecule has 0 saturated heterocycles. The van der Waals surface area contributed by atoms with Gasteiger partial charge in [-0.05, 0) is 31.4 Å². The molecule has 1 aromatic carbocycles. The molecule has 0 radical (unpaired) electrons. The van der Waals surface area contributed by atoms with E-state index in [-0.39, 0.29) is 30.8 Å². The number of hydrogen-bond acceptors (Lipinski definition) is 3. The molecule has 3 N–H and O–H groups in total. The number of nitrogens with zero attached hydrogens (tertiary/aromatic N) is 1. The Kier molecular flexibility index (Phi) is 8.60. The molecule has 162 valence electrons. The topological polar surface area (TPSA) is 74.8 Å². The predicted molar refractivity (Wildman–Crippen MR) is 106 cm³/mol. The second kappa shape index (κ2) is 10.9. The highest BCUT2D eigenvalue weighted by molar-refractivity contribution is 5.86. The van der Waals surface area contributed by atoms with Crippen LogP contribution in [-0.2, 0) is 11.3 Å². The van der Waals surface area contributed by atoms with E-state index in [0.717, 1.165) is 31.2 Å². The van der Waals surface area contributed by atoms with Gasteiger partial charge in [-0.1, -0.05) is 31.4 Å². The molecule has 1 aliphatic carbocycles. The molecule has 6 nitrogen and oxygen atoms in total. The number of ether oxygens (including phenoxy) is 1. The molecular weight excluding hydrogens is 385 g/mol. The van der Waals surface area contributed by atoms with Gasteiger partial charge in [0.25, 0.3) is 0 Å². The highest BCUT2D eigenvalue weighted by atomic mass is 19.4. The monoisotopic (exact) mass is 414 g/mol. The first-order chi connectivity index (χ1) is 13.8. The van der Waals surface area contributed by atoms with Crippen LogP contribution in [-0.4, -0.2) is 44.3 Å². The smallest absolute Gasteiger partial charge is 0.422 e. The average molecular weight is 414 g/mol. The summed E-state index contributed by atoms with van der Waals surface area (Å²) in [5.41, 5.74) is 1.36. The lowest BCUT2D eigenvalue weighted by molar-refractivity contribution is -0.153. The number of hydrogen-bond donors (Lipinski definition) is 3. The van der Waals surface area contributed by atoms with Crippen molar-refractivity contribution in [2.75, 3.05) is 20.2 Å². The maximum Gasteiger partial charge on any atom is 0.422 e. The number of aliphatic imine (C=N–C) groups is 1. The molecular formula is C20H29F3N4O2. The van der Waals surface area contributed by atoms with Crippen molar-refractivity contribution in [1.29, 1.82) is 0 Å². The normalized spacial score (nSPS) is 15.7. The second-order valence-corrected chi connectivity index (χ2v) is 7.20. The molecule has 0 unspecified atom stereocenters. The van der Waals surface area contributed by atoms with Gasteiger partial charge in [-0.15, -0.1) is 0 Å². The first-order valence-corrected chi connectivity index (χ1v) is 9.80. The molecule has 2 rings (SSSR count). The van der Waals surface area contributed by atoms with Crippen LogP contribution in [0.5, 0.6) is 5.75 Å². The summed E-state index contributed by atoms with van der Waals surface area (Å²) in [6.07, 6.45) is 1.10. The Morgan fingerprint density at radius 2 is 1.93 bits per heavy atom. The van der Waals surface area contributed by atoms with E-state index in [4.69, 9.17) is 4.74 Å².